The molecule has 1 aliphatic rings. The quantitative estimate of drug-likeness (QED) is 0.719. The second-order valence-corrected chi connectivity index (χ2v) is 5.71. The first kappa shape index (κ1) is 13.5. The van der Waals surface area contributed by atoms with Gasteiger partial charge in [-0.15, -0.1) is 0 Å². The number of nitrogens with zero attached hydrogens (tertiary/aromatic N) is 1. The number of rotatable bonds is 1. The van der Waals surface area contributed by atoms with Crippen LogP contribution in [0.25, 0.3) is 10.9 Å². The van der Waals surface area contributed by atoms with Gasteiger partial charge in [-0.3, -0.25) is 0 Å². The Morgan fingerprint density at radius 1 is 1.13 bits per heavy atom. The number of aromatic amines is 1. The van der Waals surface area contributed by atoms with Crippen molar-refractivity contribution in [1.82, 2.24) is 4.98 Å². The summed E-state index contributed by atoms with van der Waals surface area (Å²) in [5.74, 6) is 0.712. The Kier molecular flexibility index (Phi) is 2.88. The van der Waals surface area contributed by atoms with Crippen LogP contribution in [-0.4, -0.2) is 4.98 Å². The maximum Gasteiger partial charge on any atom is 0.205 e. The number of fused-ring (bicyclic) bond motifs is 2. The largest absolute Gasteiger partial charge is 0.440 e. The van der Waals surface area contributed by atoms with Crippen LogP contribution in [0, 0.1) is 18.3 Å². The van der Waals surface area contributed by atoms with Gasteiger partial charge in [-0.2, -0.15) is 5.26 Å². The van der Waals surface area contributed by atoms with E-state index in [0.29, 0.717) is 5.57 Å². The molecular weight excluding hydrogens is 286 g/mol. The molecule has 1 unspecified atom stereocenters. The predicted octanol–water partition coefficient (Wildman–Crippen LogP) is 3.69. The molecule has 0 aliphatic carbocycles. The van der Waals surface area contributed by atoms with Gasteiger partial charge < -0.3 is 15.5 Å². The van der Waals surface area contributed by atoms with Crippen LogP contribution in [0.1, 0.15) is 22.6 Å². The van der Waals surface area contributed by atoms with Gasteiger partial charge in [-0.1, -0.05) is 36.4 Å². The molecule has 112 valence electrons. The molecule has 2 aromatic carbocycles. The predicted molar refractivity (Wildman–Crippen MR) is 88.8 cm³/mol. The zero-order chi connectivity index (χ0) is 16.0. The van der Waals surface area contributed by atoms with E-state index in [1.807, 2.05) is 49.5 Å². The number of nitrogens with two attached hydrogens (primary N) is 1. The average Bonchev–Trinajstić information content (AvgIpc) is 2.98. The number of para-hydroxylation sites is 2. The number of nitriles is 1. The van der Waals surface area contributed by atoms with Crippen molar-refractivity contribution in [3.8, 4) is 11.8 Å². The monoisotopic (exact) mass is 301 g/mol. The number of benzene rings is 2. The molecule has 0 saturated heterocycles. The van der Waals surface area contributed by atoms with Crippen molar-refractivity contribution in [1.29, 1.82) is 5.26 Å². The highest BCUT2D eigenvalue weighted by atomic mass is 16.5. The Morgan fingerprint density at radius 3 is 2.78 bits per heavy atom. The number of hydrogen-bond donors (Lipinski definition) is 2. The van der Waals surface area contributed by atoms with Crippen molar-refractivity contribution in [2.45, 2.75) is 12.8 Å². The van der Waals surface area contributed by atoms with Crippen LogP contribution in [0.15, 0.2) is 60.1 Å². The van der Waals surface area contributed by atoms with E-state index < -0.39 is 0 Å². The van der Waals surface area contributed by atoms with Crippen LogP contribution in [0.5, 0.6) is 5.75 Å². The molecule has 4 nitrogen and oxygen atoms in total. The van der Waals surface area contributed by atoms with Crippen LogP contribution in [0.4, 0.5) is 0 Å². The number of aryl methyl sites for hydroxylation is 1. The number of aromatic nitrogens is 1. The molecule has 2 heterocycles. The van der Waals surface area contributed by atoms with Gasteiger partial charge in [0.05, 0.1) is 5.92 Å². The number of ether oxygens (including phenoxy) is 1. The molecule has 23 heavy (non-hydrogen) atoms. The second-order valence-electron chi connectivity index (χ2n) is 5.71. The highest BCUT2D eigenvalue weighted by molar-refractivity contribution is 5.85. The fourth-order valence-corrected chi connectivity index (χ4v) is 3.28. The number of nitrogens with one attached hydrogen (secondary N) is 1. The van der Waals surface area contributed by atoms with Gasteiger partial charge >= 0.3 is 0 Å². The SMILES string of the molecule is Cc1cccc2c1OC(N)=C(C#N)C2c1c[nH]c2ccccc12. The molecular formula is C19H15N3O. The first-order valence-corrected chi connectivity index (χ1v) is 7.44. The Labute approximate surface area is 133 Å². The fraction of sp³-hybridized carbons (Fsp3) is 0.105. The molecule has 0 saturated carbocycles. The summed E-state index contributed by atoms with van der Waals surface area (Å²) >= 11 is 0. The van der Waals surface area contributed by atoms with Crippen molar-refractivity contribution < 1.29 is 4.74 Å². The summed E-state index contributed by atoms with van der Waals surface area (Å²) in [6.45, 7) is 1.98. The molecule has 1 atom stereocenters. The number of hydrogen-bond acceptors (Lipinski definition) is 3. The molecule has 4 rings (SSSR count). The van der Waals surface area contributed by atoms with Crippen molar-refractivity contribution >= 4 is 10.9 Å². The molecule has 3 N–H and O–H groups in total. The maximum absolute atomic E-state index is 9.62. The zero-order valence-corrected chi connectivity index (χ0v) is 12.6. The molecule has 1 aromatic heterocycles. The lowest BCUT2D eigenvalue weighted by Crippen LogP contribution is -2.21. The molecule has 3 aromatic rings. The minimum Gasteiger partial charge on any atom is -0.440 e. The number of allylic oxidation sites excluding steroid dienone is 1. The molecule has 1 aliphatic heterocycles. The highest BCUT2D eigenvalue weighted by Gasteiger charge is 2.32. The van der Waals surface area contributed by atoms with Crippen LogP contribution in [-0.2, 0) is 0 Å². The lowest BCUT2D eigenvalue weighted by molar-refractivity contribution is 0.391. The summed E-state index contributed by atoms with van der Waals surface area (Å²) in [6, 6.07) is 16.3. The van der Waals surface area contributed by atoms with E-state index in [1.54, 1.807) is 0 Å². The van der Waals surface area contributed by atoms with Gasteiger partial charge in [0.2, 0.25) is 5.88 Å². The maximum atomic E-state index is 9.62. The Balaban J connectivity index is 2.03. The van der Waals surface area contributed by atoms with Gasteiger partial charge in [-0.05, 0) is 24.1 Å². The van der Waals surface area contributed by atoms with E-state index in [2.05, 4.69) is 17.1 Å². The third-order valence-corrected chi connectivity index (χ3v) is 4.37. The number of H-pyrrole nitrogens is 1. The van der Waals surface area contributed by atoms with Gasteiger partial charge in [0.1, 0.15) is 17.4 Å². The van der Waals surface area contributed by atoms with E-state index in [1.165, 1.54) is 0 Å². The smallest absolute Gasteiger partial charge is 0.205 e. The average molecular weight is 301 g/mol. The molecule has 0 bridgehead atoms. The van der Waals surface area contributed by atoms with Crippen molar-refractivity contribution in [2.24, 2.45) is 5.73 Å². The molecule has 0 fully saturated rings. The van der Waals surface area contributed by atoms with E-state index in [0.717, 1.165) is 33.3 Å². The summed E-state index contributed by atoms with van der Waals surface area (Å²) in [7, 11) is 0. The standard InChI is InChI=1S/C19H15N3O/c1-11-5-4-7-13-17(14(9-20)19(21)23-18(11)13)15-10-22-16-8-3-2-6-12(15)16/h2-8,10,17,22H,21H2,1H3. The first-order valence-electron chi connectivity index (χ1n) is 7.44. The Morgan fingerprint density at radius 2 is 1.96 bits per heavy atom. The first-order chi connectivity index (χ1) is 11.2. The van der Waals surface area contributed by atoms with Crippen molar-refractivity contribution in [3.63, 3.8) is 0 Å². The van der Waals surface area contributed by atoms with Gasteiger partial charge in [0, 0.05) is 22.7 Å². The van der Waals surface area contributed by atoms with Gasteiger partial charge in [-0.25, -0.2) is 0 Å². The van der Waals surface area contributed by atoms with Gasteiger partial charge in [0.15, 0.2) is 0 Å². The van der Waals surface area contributed by atoms with Crippen LogP contribution in [0.3, 0.4) is 0 Å². The molecule has 0 spiro atoms. The lowest BCUT2D eigenvalue weighted by atomic mass is 9.82. The third kappa shape index (κ3) is 1.91. The van der Waals surface area contributed by atoms with Crippen LogP contribution in [0.2, 0.25) is 0 Å². The van der Waals surface area contributed by atoms with E-state index in [9.17, 15) is 5.26 Å². The summed E-state index contributed by atoms with van der Waals surface area (Å²) in [5, 5.41) is 10.7. The normalized spacial score (nSPS) is 16.8. The topological polar surface area (TPSA) is 74.8 Å². The minimum atomic E-state index is -0.222. The summed E-state index contributed by atoms with van der Waals surface area (Å²) in [5.41, 5.74) is 10.5. The molecule has 4 heteroatoms. The van der Waals surface area contributed by atoms with E-state index >= 15 is 0 Å². The van der Waals surface area contributed by atoms with Gasteiger partial charge in [0.25, 0.3) is 0 Å². The highest BCUT2D eigenvalue weighted by Crippen LogP contribution is 2.45. The van der Waals surface area contributed by atoms with Crippen molar-refractivity contribution in [2.75, 3.05) is 0 Å². The second kappa shape index (κ2) is 4.92. The van der Waals surface area contributed by atoms with E-state index in [4.69, 9.17) is 10.5 Å². The molecule has 0 radical (unpaired) electrons. The fourth-order valence-electron chi connectivity index (χ4n) is 3.28. The zero-order valence-electron chi connectivity index (χ0n) is 12.6. The minimum absolute atomic E-state index is 0.185. The van der Waals surface area contributed by atoms with Crippen molar-refractivity contribution in [3.05, 3.63) is 76.8 Å². The lowest BCUT2D eigenvalue weighted by Gasteiger charge is -2.27. The van der Waals surface area contributed by atoms with E-state index in [-0.39, 0.29) is 11.8 Å². The Hall–Kier alpha value is -3.19. The summed E-state index contributed by atoms with van der Waals surface area (Å²) in [6.07, 6.45) is 1.96. The molecule has 0 amide bonds. The summed E-state index contributed by atoms with van der Waals surface area (Å²) < 4.78 is 5.73. The van der Waals surface area contributed by atoms with Crippen LogP contribution >= 0.6 is 0 Å². The summed E-state index contributed by atoms with van der Waals surface area (Å²) in [4.78, 5) is 3.28. The Bertz CT molecular complexity index is 991. The van der Waals surface area contributed by atoms with Crippen LogP contribution < -0.4 is 10.5 Å². The third-order valence-electron chi connectivity index (χ3n) is 4.37.